The van der Waals surface area contributed by atoms with Crippen molar-refractivity contribution in [3.8, 4) is 5.75 Å². The number of phenolic OH excluding ortho intramolecular Hbond substituents is 1. The minimum absolute atomic E-state index is 0.253. The molecule has 4 heteroatoms. The van der Waals surface area contributed by atoms with Crippen molar-refractivity contribution in [1.29, 1.82) is 0 Å². The monoisotopic (exact) mass is 221 g/mol. The van der Waals surface area contributed by atoms with E-state index in [0.29, 0.717) is 5.56 Å². The summed E-state index contributed by atoms with van der Waals surface area (Å²) in [5.41, 5.74) is 4.40. The topological polar surface area (TPSA) is 47.9 Å². The lowest BCUT2D eigenvalue weighted by atomic mass is 10.2. The van der Waals surface area contributed by atoms with E-state index in [-0.39, 0.29) is 5.75 Å². The average Bonchev–Trinajstić information content (AvgIpc) is 2.29. The summed E-state index contributed by atoms with van der Waals surface area (Å²) in [7, 11) is 1.72. The lowest BCUT2D eigenvalue weighted by molar-refractivity contribution is 0.474. The highest BCUT2D eigenvalue weighted by molar-refractivity contribution is 5.84. The van der Waals surface area contributed by atoms with Gasteiger partial charge in [-0.25, -0.2) is 0 Å². The number of nitrogens with one attached hydrogen (secondary N) is 1. The van der Waals surface area contributed by atoms with E-state index in [1.54, 1.807) is 19.3 Å². The third-order valence-corrected chi connectivity index (χ3v) is 2.48. The first kappa shape index (κ1) is 12.4. The van der Waals surface area contributed by atoms with Crippen LogP contribution in [0.5, 0.6) is 5.75 Å². The summed E-state index contributed by atoms with van der Waals surface area (Å²) in [6.45, 7) is 6.05. The molecule has 4 nitrogen and oxygen atoms in total. The Hall–Kier alpha value is -1.71. The van der Waals surface area contributed by atoms with Crippen molar-refractivity contribution in [2.75, 3.05) is 25.0 Å². The summed E-state index contributed by atoms with van der Waals surface area (Å²) in [6, 6.07) is 5.62. The van der Waals surface area contributed by atoms with Crippen molar-refractivity contribution < 1.29 is 5.11 Å². The highest BCUT2D eigenvalue weighted by Crippen LogP contribution is 2.23. The Morgan fingerprint density at radius 3 is 2.56 bits per heavy atom. The first-order valence-electron chi connectivity index (χ1n) is 5.50. The average molecular weight is 221 g/mol. The summed E-state index contributed by atoms with van der Waals surface area (Å²) < 4.78 is 0. The minimum atomic E-state index is 0.253. The molecule has 88 valence electrons. The van der Waals surface area contributed by atoms with Crippen molar-refractivity contribution in [2.24, 2.45) is 5.10 Å². The second-order valence-corrected chi connectivity index (χ2v) is 3.40. The third kappa shape index (κ3) is 2.89. The Labute approximate surface area is 96.6 Å². The van der Waals surface area contributed by atoms with Gasteiger partial charge in [0, 0.05) is 37.5 Å². The highest BCUT2D eigenvalue weighted by atomic mass is 16.3. The largest absolute Gasteiger partial charge is 0.507 e. The molecule has 0 radical (unpaired) electrons. The molecule has 1 rings (SSSR count). The van der Waals surface area contributed by atoms with E-state index in [2.05, 4.69) is 29.3 Å². The van der Waals surface area contributed by atoms with Gasteiger partial charge < -0.3 is 15.4 Å². The van der Waals surface area contributed by atoms with Gasteiger partial charge in [0.1, 0.15) is 5.75 Å². The van der Waals surface area contributed by atoms with Crippen LogP contribution in [0.15, 0.2) is 23.3 Å². The molecule has 0 fully saturated rings. The molecule has 0 bridgehead atoms. The van der Waals surface area contributed by atoms with E-state index in [1.807, 2.05) is 12.1 Å². The van der Waals surface area contributed by atoms with E-state index in [4.69, 9.17) is 0 Å². The van der Waals surface area contributed by atoms with Gasteiger partial charge in [0.25, 0.3) is 0 Å². The van der Waals surface area contributed by atoms with Crippen LogP contribution in [0, 0.1) is 0 Å². The standard InChI is InChI=1S/C12H19N3O/c1-4-15(5-2)11-7-6-10(9-14-13-3)12(16)8-11/h6-9,13,16H,4-5H2,1-3H3/b14-9+. The molecular formula is C12H19N3O. The van der Waals surface area contributed by atoms with Crippen molar-refractivity contribution >= 4 is 11.9 Å². The molecule has 0 unspecified atom stereocenters. The molecule has 0 amide bonds. The first-order valence-corrected chi connectivity index (χ1v) is 5.50. The van der Waals surface area contributed by atoms with Gasteiger partial charge in [-0.1, -0.05) is 0 Å². The molecule has 0 aromatic heterocycles. The number of aromatic hydroxyl groups is 1. The van der Waals surface area contributed by atoms with E-state index in [1.165, 1.54) is 0 Å². The Morgan fingerprint density at radius 1 is 1.38 bits per heavy atom. The van der Waals surface area contributed by atoms with Crippen molar-refractivity contribution in [3.63, 3.8) is 0 Å². The zero-order valence-electron chi connectivity index (χ0n) is 10.1. The lowest BCUT2D eigenvalue weighted by Crippen LogP contribution is -2.21. The second-order valence-electron chi connectivity index (χ2n) is 3.40. The quantitative estimate of drug-likeness (QED) is 0.588. The molecule has 0 saturated carbocycles. The van der Waals surface area contributed by atoms with Crippen LogP contribution >= 0.6 is 0 Å². The zero-order chi connectivity index (χ0) is 12.0. The van der Waals surface area contributed by atoms with Crippen molar-refractivity contribution in [3.05, 3.63) is 23.8 Å². The Balaban J connectivity index is 2.94. The van der Waals surface area contributed by atoms with Crippen LogP contribution < -0.4 is 10.3 Å². The molecule has 0 spiro atoms. The Morgan fingerprint density at radius 2 is 2.06 bits per heavy atom. The third-order valence-electron chi connectivity index (χ3n) is 2.48. The van der Waals surface area contributed by atoms with E-state index in [9.17, 15) is 5.11 Å². The van der Waals surface area contributed by atoms with Gasteiger partial charge in [0.05, 0.1) is 6.21 Å². The van der Waals surface area contributed by atoms with Crippen LogP contribution in [-0.4, -0.2) is 31.5 Å². The molecule has 0 aliphatic carbocycles. The molecule has 0 aliphatic rings. The van der Waals surface area contributed by atoms with Gasteiger partial charge in [-0.3, -0.25) is 0 Å². The van der Waals surface area contributed by atoms with Crippen LogP contribution in [-0.2, 0) is 0 Å². The van der Waals surface area contributed by atoms with Crippen LogP contribution in [0.1, 0.15) is 19.4 Å². The Bertz CT molecular complexity index is 359. The van der Waals surface area contributed by atoms with E-state index >= 15 is 0 Å². The second kappa shape index (κ2) is 6.00. The van der Waals surface area contributed by atoms with Gasteiger partial charge in [0.2, 0.25) is 0 Å². The SMILES string of the molecule is CCN(CC)c1ccc(/C=N/NC)c(O)c1. The van der Waals surface area contributed by atoms with Gasteiger partial charge in [-0.05, 0) is 26.0 Å². The summed E-state index contributed by atoms with van der Waals surface area (Å²) in [5.74, 6) is 0.253. The van der Waals surface area contributed by atoms with Crippen molar-refractivity contribution in [1.82, 2.24) is 5.43 Å². The molecular weight excluding hydrogens is 202 g/mol. The Kier molecular flexibility index (Phi) is 4.64. The number of hydrazone groups is 1. The molecule has 1 aromatic rings. The van der Waals surface area contributed by atoms with Crippen LogP contribution in [0.4, 0.5) is 5.69 Å². The molecule has 0 heterocycles. The fourth-order valence-corrected chi connectivity index (χ4v) is 1.56. The summed E-state index contributed by atoms with van der Waals surface area (Å²) >= 11 is 0. The minimum Gasteiger partial charge on any atom is -0.507 e. The molecule has 1 aromatic carbocycles. The number of anilines is 1. The van der Waals surface area contributed by atoms with Crippen LogP contribution in [0.3, 0.4) is 0 Å². The maximum atomic E-state index is 9.81. The smallest absolute Gasteiger partial charge is 0.126 e. The first-order chi connectivity index (χ1) is 7.72. The maximum absolute atomic E-state index is 9.81. The fourth-order valence-electron chi connectivity index (χ4n) is 1.56. The number of rotatable bonds is 5. The van der Waals surface area contributed by atoms with Gasteiger partial charge in [-0.2, -0.15) is 5.10 Å². The number of phenols is 1. The van der Waals surface area contributed by atoms with Gasteiger partial charge >= 0.3 is 0 Å². The summed E-state index contributed by atoms with van der Waals surface area (Å²) in [5, 5.41) is 13.7. The number of benzene rings is 1. The lowest BCUT2D eigenvalue weighted by Gasteiger charge is -2.21. The summed E-state index contributed by atoms with van der Waals surface area (Å²) in [6.07, 6.45) is 1.60. The molecule has 2 N–H and O–H groups in total. The molecule has 0 atom stereocenters. The molecule has 0 saturated heterocycles. The van der Waals surface area contributed by atoms with Crippen molar-refractivity contribution in [2.45, 2.75) is 13.8 Å². The molecule has 0 aliphatic heterocycles. The van der Waals surface area contributed by atoms with Gasteiger partial charge in [-0.15, -0.1) is 0 Å². The van der Waals surface area contributed by atoms with Crippen LogP contribution in [0.25, 0.3) is 0 Å². The zero-order valence-corrected chi connectivity index (χ0v) is 10.1. The van der Waals surface area contributed by atoms with Crippen LogP contribution in [0.2, 0.25) is 0 Å². The van der Waals surface area contributed by atoms with E-state index in [0.717, 1.165) is 18.8 Å². The molecule has 16 heavy (non-hydrogen) atoms. The predicted octanol–water partition coefficient (Wildman–Crippen LogP) is 1.79. The fraction of sp³-hybridized carbons (Fsp3) is 0.417. The predicted molar refractivity (Wildman–Crippen MR) is 68.3 cm³/mol. The van der Waals surface area contributed by atoms with Gasteiger partial charge in [0.15, 0.2) is 0 Å². The number of hydrogen-bond acceptors (Lipinski definition) is 4. The van der Waals surface area contributed by atoms with E-state index < -0.39 is 0 Å². The number of nitrogens with zero attached hydrogens (tertiary/aromatic N) is 2. The maximum Gasteiger partial charge on any atom is 0.126 e. The number of hydrogen-bond donors (Lipinski definition) is 2. The highest BCUT2D eigenvalue weighted by Gasteiger charge is 2.05. The summed E-state index contributed by atoms with van der Waals surface area (Å²) in [4.78, 5) is 2.18. The normalized spacial score (nSPS) is 10.7.